The molecule has 0 unspecified atom stereocenters. The molecule has 6 heteroatoms. The zero-order valence-electron chi connectivity index (χ0n) is 11.0. The fourth-order valence-electron chi connectivity index (χ4n) is 1.64. The maximum atomic E-state index is 13.5. The first-order chi connectivity index (χ1) is 9.97. The van der Waals surface area contributed by atoms with E-state index in [9.17, 15) is 18.0 Å². The largest absolute Gasteiger partial charge is 0.271 e. The van der Waals surface area contributed by atoms with E-state index in [0.29, 0.717) is 0 Å². The molecule has 0 aliphatic rings. The molecule has 0 radical (unpaired) electrons. The SMILES string of the molecule is C/C(=N/NC(=O)c1ccc(F)cc1)c1cc(F)ccc1F. The molecule has 21 heavy (non-hydrogen) atoms. The zero-order valence-corrected chi connectivity index (χ0v) is 11.0. The first-order valence-corrected chi connectivity index (χ1v) is 6.03. The van der Waals surface area contributed by atoms with E-state index >= 15 is 0 Å². The van der Waals surface area contributed by atoms with Crippen LogP contribution in [-0.4, -0.2) is 11.6 Å². The Kier molecular flexibility index (Phi) is 4.37. The van der Waals surface area contributed by atoms with Crippen LogP contribution in [0.15, 0.2) is 47.6 Å². The van der Waals surface area contributed by atoms with E-state index in [4.69, 9.17) is 0 Å². The number of halogens is 3. The summed E-state index contributed by atoms with van der Waals surface area (Å²) in [5, 5.41) is 3.71. The lowest BCUT2D eigenvalue weighted by molar-refractivity contribution is 0.0955. The summed E-state index contributed by atoms with van der Waals surface area (Å²) in [7, 11) is 0. The molecule has 108 valence electrons. The van der Waals surface area contributed by atoms with Crippen LogP contribution < -0.4 is 5.43 Å². The van der Waals surface area contributed by atoms with Gasteiger partial charge in [0.05, 0.1) is 5.71 Å². The number of benzene rings is 2. The molecular formula is C15H11F3N2O. The lowest BCUT2D eigenvalue weighted by atomic mass is 10.1. The minimum absolute atomic E-state index is 0.0468. The van der Waals surface area contributed by atoms with E-state index in [2.05, 4.69) is 10.5 Å². The van der Waals surface area contributed by atoms with Crippen LogP contribution in [0, 0.1) is 17.5 Å². The standard InChI is InChI=1S/C15H11F3N2O/c1-9(13-8-12(17)6-7-14(13)18)19-20-15(21)10-2-4-11(16)5-3-10/h2-8H,1H3,(H,20,21)/b19-9-. The summed E-state index contributed by atoms with van der Waals surface area (Å²) in [6.45, 7) is 1.43. The highest BCUT2D eigenvalue weighted by Gasteiger charge is 2.09. The third-order valence-corrected chi connectivity index (χ3v) is 2.75. The quantitative estimate of drug-likeness (QED) is 0.684. The molecule has 0 bridgehead atoms. The molecule has 0 saturated carbocycles. The Morgan fingerprint density at radius 2 is 1.62 bits per heavy atom. The first kappa shape index (κ1) is 14.8. The number of carbonyl (C=O) groups excluding carboxylic acids is 1. The van der Waals surface area contributed by atoms with Gasteiger partial charge in [-0.05, 0) is 49.4 Å². The summed E-state index contributed by atoms with van der Waals surface area (Å²) in [6, 6.07) is 7.80. The summed E-state index contributed by atoms with van der Waals surface area (Å²) in [5.74, 6) is -2.29. The minimum atomic E-state index is -0.645. The van der Waals surface area contributed by atoms with Gasteiger partial charge in [0.2, 0.25) is 0 Å². The van der Waals surface area contributed by atoms with Gasteiger partial charge >= 0.3 is 0 Å². The molecule has 0 heterocycles. The van der Waals surface area contributed by atoms with Crippen molar-refractivity contribution < 1.29 is 18.0 Å². The van der Waals surface area contributed by atoms with Crippen LogP contribution in [0.3, 0.4) is 0 Å². The van der Waals surface area contributed by atoms with E-state index in [1.54, 1.807) is 0 Å². The molecule has 0 spiro atoms. The number of nitrogens with one attached hydrogen (secondary N) is 1. The summed E-state index contributed by atoms with van der Waals surface area (Å²) in [5.41, 5.74) is 2.47. The second-order valence-electron chi connectivity index (χ2n) is 4.27. The number of rotatable bonds is 3. The fraction of sp³-hybridized carbons (Fsp3) is 0.0667. The number of nitrogens with zero attached hydrogens (tertiary/aromatic N) is 1. The van der Waals surface area contributed by atoms with Gasteiger partial charge in [0.1, 0.15) is 17.5 Å². The summed E-state index contributed by atoms with van der Waals surface area (Å²) < 4.78 is 39.3. The van der Waals surface area contributed by atoms with E-state index in [-0.39, 0.29) is 16.8 Å². The Balaban J connectivity index is 2.14. The maximum absolute atomic E-state index is 13.5. The van der Waals surface area contributed by atoms with E-state index in [1.807, 2.05) is 0 Å². The van der Waals surface area contributed by atoms with Crippen LogP contribution in [-0.2, 0) is 0 Å². The normalized spacial score (nSPS) is 11.3. The fourth-order valence-corrected chi connectivity index (χ4v) is 1.64. The molecule has 0 fully saturated rings. The zero-order chi connectivity index (χ0) is 15.4. The average Bonchev–Trinajstić information content (AvgIpc) is 2.47. The van der Waals surface area contributed by atoms with Gasteiger partial charge in [-0.1, -0.05) is 0 Å². The minimum Gasteiger partial charge on any atom is -0.267 e. The lowest BCUT2D eigenvalue weighted by Gasteiger charge is -2.04. The smallest absolute Gasteiger partial charge is 0.267 e. The Labute approximate surface area is 119 Å². The van der Waals surface area contributed by atoms with Gasteiger partial charge in [-0.15, -0.1) is 0 Å². The number of amides is 1. The highest BCUT2D eigenvalue weighted by Crippen LogP contribution is 2.10. The molecule has 0 aliphatic carbocycles. The molecule has 0 aromatic heterocycles. The molecular weight excluding hydrogens is 281 g/mol. The van der Waals surface area contributed by atoms with Crippen molar-refractivity contribution in [3.8, 4) is 0 Å². The predicted octanol–water partition coefficient (Wildman–Crippen LogP) is 3.26. The highest BCUT2D eigenvalue weighted by molar-refractivity contribution is 6.01. The second kappa shape index (κ2) is 6.21. The van der Waals surface area contributed by atoms with Crippen LogP contribution >= 0.6 is 0 Å². The predicted molar refractivity (Wildman–Crippen MR) is 72.4 cm³/mol. The lowest BCUT2D eigenvalue weighted by Crippen LogP contribution is -2.19. The monoisotopic (exact) mass is 292 g/mol. The van der Waals surface area contributed by atoms with Gasteiger partial charge in [-0.2, -0.15) is 5.10 Å². The van der Waals surface area contributed by atoms with E-state index < -0.39 is 23.4 Å². The number of hydrogen-bond donors (Lipinski definition) is 1. The average molecular weight is 292 g/mol. The number of carbonyl (C=O) groups is 1. The topological polar surface area (TPSA) is 41.5 Å². The molecule has 2 aromatic carbocycles. The molecule has 1 N–H and O–H groups in total. The molecule has 3 nitrogen and oxygen atoms in total. The van der Waals surface area contributed by atoms with Gasteiger partial charge in [-0.3, -0.25) is 4.79 Å². The van der Waals surface area contributed by atoms with Crippen LogP contribution in [0.5, 0.6) is 0 Å². The summed E-state index contributed by atoms with van der Waals surface area (Å²) in [4.78, 5) is 11.7. The Morgan fingerprint density at radius 1 is 1.00 bits per heavy atom. The highest BCUT2D eigenvalue weighted by atomic mass is 19.1. The molecule has 1 amide bonds. The van der Waals surface area contributed by atoms with E-state index in [1.165, 1.54) is 19.1 Å². The van der Waals surface area contributed by atoms with Gasteiger partial charge in [0.25, 0.3) is 5.91 Å². The Bertz CT molecular complexity index is 697. The van der Waals surface area contributed by atoms with Crippen LogP contribution in [0.1, 0.15) is 22.8 Å². The summed E-state index contributed by atoms with van der Waals surface area (Å²) >= 11 is 0. The molecule has 2 rings (SSSR count). The van der Waals surface area contributed by atoms with Crippen molar-refractivity contribution in [3.63, 3.8) is 0 Å². The van der Waals surface area contributed by atoms with Gasteiger partial charge < -0.3 is 0 Å². The summed E-state index contributed by atoms with van der Waals surface area (Å²) in [6.07, 6.45) is 0. The number of hydrazone groups is 1. The molecule has 0 aliphatic heterocycles. The van der Waals surface area contributed by atoms with Crippen molar-refractivity contribution in [3.05, 3.63) is 71.0 Å². The van der Waals surface area contributed by atoms with Gasteiger partial charge in [0.15, 0.2) is 0 Å². The van der Waals surface area contributed by atoms with Crippen molar-refractivity contribution in [2.75, 3.05) is 0 Å². The van der Waals surface area contributed by atoms with Crippen LogP contribution in [0.2, 0.25) is 0 Å². The van der Waals surface area contributed by atoms with Crippen molar-refractivity contribution in [1.82, 2.24) is 5.43 Å². The number of hydrogen-bond acceptors (Lipinski definition) is 2. The van der Waals surface area contributed by atoms with Gasteiger partial charge in [0, 0.05) is 11.1 Å². The van der Waals surface area contributed by atoms with Crippen molar-refractivity contribution >= 4 is 11.6 Å². The second-order valence-corrected chi connectivity index (χ2v) is 4.27. The molecule has 0 atom stereocenters. The maximum Gasteiger partial charge on any atom is 0.271 e. The van der Waals surface area contributed by atoms with E-state index in [0.717, 1.165) is 30.3 Å². The Hall–Kier alpha value is -2.63. The van der Waals surface area contributed by atoms with Crippen molar-refractivity contribution in [1.29, 1.82) is 0 Å². The van der Waals surface area contributed by atoms with Crippen LogP contribution in [0.25, 0.3) is 0 Å². The van der Waals surface area contributed by atoms with Crippen molar-refractivity contribution in [2.24, 2.45) is 5.10 Å². The van der Waals surface area contributed by atoms with Crippen molar-refractivity contribution in [2.45, 2.75) is 6.92 Å². The molecule has 2 aromatic rings. The van der Waals surface area contributed by atoms with Gasteiger partial charge in [-0.25, -0.2) is 18.6 Å². The Morgan fingerprint density at radius 3 is 2.29 bits per heavy atom. The third-order valence-electron chi connectivity index (χ3n) is 2.75. The first-order valence-electron chi connectivity index (χ1n) is 6.03. The third kappa shape index (κ3) is 3.68. The van der Waals surface area contributed by atoms with Crippen LogP contribution in [0.4, 0.5) is 13.2 Å². The molecule has 0 saturated heterocycles.